The van der Waals surface area contributed by atoms with Gasteiger partial charge < -0.3 is 15.5 Å². The van der Waals surface area contributed by atoms with Gasteiger partial charge in [0.2, 0.25) is 5.91 Å². The van der Waals surface area contributed by atoms with Crippen molar-refractivity contribution in [2.45, 2.75) is 31.7 Å². The van der Waals surface area contributed by atoms with Gasteiger partial charge >= 0.3 is 0 Å². The number of hydrogen-bond donors (Lipinski definition) is 1. The first kappa shape index (κ1) is 16.5. The van der Waals surface area contributed by atoms with Crippen LogP contribution in [0.3, 0.4) is 0 Å². The highest BCUT2D eigenvalue weighted by Gasteiger charge is 2.44. The van der Waals surface area contributed by atoms with E-state index in [1.807, 2.05) is 9.80 Å². The lowest BCUT2D eigenvalue weighted by molar-refractivity contribution is -0.136. The molecule has 6 heteroatoms. The summed E-state index contributed by atoms with van der Waals surface area (Å²) < 4.78 is 0. The predicted molar refractivity (Wildman–Crippen MR) is 93.6 cm³/mol. The van der Waals surface area contributed by atoms with Crippen LogP contribution in [0, 0.1) is 17.8 Å². The van der Waals surface area contributed by atoms with Crippen molar-refractivity contribution in [3.05, 3.63) is 30.1 Å². The number of nitrogens with two attached hydrogens (primary N) is 1. The Bertz CT molecular complexity index is 650. The lowest BCUT2D eigenvalue weighted by Gasteiger charge is -2.34. The molecule has 2 N–H and O–H groups in total. The minimum atomic E-state index is -0.0745. The van der Waals surface area contributed by atoms with Gasteiger partial charge in [0, 0.05) is 50.2 Å². The molecule has 4 unspecified atom stereocenters. The van der Waals surface area contributed by atoms with Crippen LogP contribution in [0.5, 0.6) is 0 Å². The highest BCUT2D eigenvalue weighted by molar-refractivity contribution is 5.94. The fraction of sp³-hybridized carbons (Fsp3) is 0.632. The molecule has 2 saturated heterocycles. The van der Waals surface area contributed by atoms with Crippen molar-refractivity contribution in [3.8, 4) is 0 Å². The second kappa shape index (κ2) is 6.75. The van der Waals surface area contributed by atoms with Crippen molar-refractivity contribution in [1.82, 2.24) is 14.8 Å². The number of carbonyl (C=O) groups excluding carboxylic acids is 2. The third-order valence-electron chi connectivity index (χ3n) is 6.21. The summed E-state index contributed by atoms with van der Waals surface area (Å²) >= 11 is 0. The van der Waals surface area contributed by atoms with Crippen molar-refractivity contribution < 1.29 is 9.59 Å². The first-order valence-corrected chi connectivity index (χ1v) is 9.37. The number of amides is 2. The molecular weight excluding hydrogens is 316 g/mol. The van der Waals surface area contributed by atoms with Crippen LogP contribution in [0.15, 0.2) is 24.5 Å². The van der Waals surface area contributed by atoms with Crippen LogP contribution in [-0.2, 0) is 4.79 Å². The maximum atomic E-state index is 13.0. The highest BCUT2D eigenvalue weighted by atomic mass is 16.2. The molecular formula is C19H26N4O2. The third-order valence-corrected chi connectivity index (χ3v) is 6.21. The van der Waals surface area contributed by atoms with Crippen molar-refractivity contribution in [2.24, 2.45) is 23.5 Å². The largest absolute Gasteiger partial charge is 0.342 e. The fourth-order valence-corrected chi connectivity index (χ4v) is 4.79. The summed E-state index contributed by atoms with van der Waals surface area (Å²) in [7, 11) is 0. The number of likely N-dealkylation sites (tertiary alicyclic amines) is 2. The molecule has 4 rings (SSSR count). The van der Waals surface area contributed by atoms with E-state index < -0.39 is 0 Å². The summed E-state index contributed by atoms with van der Waals surface area (Å²) in [6.07, 6.45) is 7.25. The normalized spacial score (nSPS) is 31.9. The van der Waals surface area contributed by atoms with Crippen molar-refractivity contribution in [2.75, 3.05) is 26.2 Å². The number of hydrogen-bond acceptors (Lipinski definition) is 4. The summed E-state index contributed by atoms with van der Waals surface area (Å²) in [4.78, 5) is 33.4. The molecule has 0 aromatic carbocycles. The molecule has 0 spiro atoms. The predicted octanol–water partition coefficient (Wildman–Crippen LogP) is 1.13. The quantitative estimate of drug-likeness (QED) is 0.874. The van der Waals surface area contributed by atoms with E-state index in [4.69, 9.17) is 5.73 Å². The summed E-state index contributed by atoms with van der Waals surface area (Å²) in [5, 5.41) is 0. The van der Waals surface area contributed by atoms with Gasteiger partial charge in [0.15, 0.2) is 0 Å². The summed E-state index contributed by atoms with van der Waals surface area (Å²) in [6.45, 7) is 2.91. The first-order chi connectivity index (χ1) is 12.1. The van der Waals surface area contributed by atoms with Crippen LogP contribution in [0.1, 0.15) is 36.0 Å². The molecule has 0 bridgehead atoms. The van der Waals surface area contributed by atoms with Gasteiger partial charge in [-0.25, -0.2) is 0 Å². The number of piperidine rings is 1. The maximum absolute atomic E-state index is 13.0. The molecule has 3 heterocycles. The average molecular weight is 342 g/mol. The summed E-state index contributed by atoms with van der Waals surface area (Å²) in [5.74, 6) is 1.20. The lowest BCUT2D eigenvalue weighted by Crippen LogP contribution is -2.46. The third kappa shape index (κ3) is 3.15. The topological polar surface area (TPSA) is 79.5 Å². The van der Waals surface area contributed by atoms with E-state index in [0.29, 0.717) is 23.9 Å². The van der Waals surface area contributed by atoms with Crippen molar-refractivity contribution in [3.63, 3.8) is 0 Å². The zero-order valence-electron chi connectivity index (χ0n) is 14.5. The lowest BCUT2D eigenvalue weighted by atomic mass is 9.96. The second-order valence-corrected chi connectivity index (χ2v) is 7.73. The SMILES string of the molecule is NC1CCC2CN(C(=O)C3CCCN(C(=O)c4ccncc4)C3)CC12. The number of carbonyl (C=O) groups is 2. The molecule has 2 aliphatic heterocycles. The van der Waals surface area contributed by atoms with Crippen LogP contribution in [0.4, 0.5) is 0 Å². The Labute approximate surface area is 148 Å². The number of nitrogens with zero attached hydrogens (tertiary/aromatic N) is 3. The molecule has 25 heavy (non-hydrogen) atoms. The molecule has 6 nitrogen and oxygen atoms in total. The average Bonchev–Trinajstić information content (AvgIpc) is 3.23. The van der Waals surface area contributed by atoms with Gasteiger partial charge in [0.1, 0.15) is 0 Å². The molecule has 2 amide bonds. The Hall–Kier alpha value is -1.95. The van der Waals surface area contributed by atoms with E-state index in [2.05, 4.69) is 4.98 Å². The van der Waals surface area contributed by atoms with Gasteiger partial charge in [-0.1, -0.05) is 0 Å². The number of pyridine rings is 1. The maximum Gasteiger partial charge on any atom is 0.253 e. The molecule has 134 valence electrons. The van der Waals surface area contributed by atoms with E-state index in [1.54, 1.807) is 24.5 Å². The minimum absolute atomic E-state index is 0.000198. The molecule has 3 fully saturated rings. The van der Waals surface area contributed by atoms with Crippen LogP contribution < -0.4 is 5.73 Å². The van der Waals surface area contributed by atoms with E-state index in [9.17, 15) is 9.59 Å². The zero-order chi connectivity index (χ0) is 17.4. The minimum Gasteiger partial charge on any atom is -0.342 e. The van der Waals surface area contributed by atoms with Gasteiger partial charge in [-0.2, -0.15) is 0 Å². The second-order valence-electron chi connectivity index (χ2n) is 7.73. The van der Waals surface area contributed by atoms with Crippen LogP contribution >= 0.6 is 0 Å². The highest BCUT2D eigenvalue weighted by Crippen LogP contribution is 2.38. The van der Waals surface area contributed by atoms with Crippen LogP contribution in [0.2, 0.25) is 0 Å². The van der Waals surface area contributed by atoms with E-state index in [1.165, 1.54) is 0 Å². The Kier molecular flexibility index (Phi) is 4.46. The molecule has 1 aromatic heterocycles. The van der Waals surface area contributed by atoms with E-state index in [0.717, 1.165) is 45.3 Å². The summed E-state index contributed by atoms with van der Waals surface area (Å²) in [6, 6.07) is 3.71. The van der Waals surface area contributed by atoms with Crippen LogP contribution in [-0.4, -0.2) is 58.8 Å². The number of aromatic nitrogens is 1. The van der Waals surface area contributed by atoms with Crippen molar-refractivity contribution >= 4 is 11.8 Å². The van der Waals surface area contributed by atoms with E-state index in [-0.39, 0.29) is 23.8 Å². The fourth-order valence-electron chi connectivity index (χ4n) is 4.79. The Balaban J connectivity index is 1.40. The zero-order valence-corrected chi connectivity index (χ0v) is 14.5. The molecule has 1 aromatic rings. The first-order valence-electron chi connectivity index (χ1n) is 9.37. The Morgan fingerprint density at radius 2 is 1.84 bits per heavy atom. The smallest absolute Gasteiger partial charge is 0.253 e. The number of fused-ring (bicyclic) bond motifs is 1. The molecule has 3 aliphatic rings. The Morgan fingerprint density at radius 3 is 2.60 bits per heavy atom. The number of rotatable bonds is 2. The van der Waals surface area contributed by atoms with Gasteiger partial charge in [0.25, 0.3) is 5.91 Å². The summed E-state index contributed by atoms with van der Waals surface area (Å²) in [5.41, 5.74) is 6.83. The standard InChI is InChI=1S/C19H26N4O2/c20-17-4-3-14-10-23(12-16(14)17)19(25)15-2-1-9-22(11-15)18(24)13-5-7-21-8-6-13/h5-8,14-17H,1-4,9-12,20H2. The van der Waals surface area contributed by atoms with Gasteiger partial charge in [0.05, 0.1) is 5.92 Å². The Morgan fingerprint density at radius 1 is 1.04 bits per heavy atom. The molecule has 0 radical (unpaired) electrons. The van der Waals surface area contributed by atoms with Gasteiger partial charge in [-0.05, 0) is 49.7 Å². The van der Waals surface area contributed by atoms with E-state index >= 15 is 0 Å². The molecule has 1 saturated carbocycles. The monoisotopic (exact) mass is 342 g/mol. The van der Waals surface area contributed by atoms with Crippen LogP contribution in [0.25, 0.3) is 0 Å². The van der Waals surface area contributed by atoms with Gasteiger partial charge in [-0.3, -0.25) is 14.6 Å². The van der Waals surface area contributed by atoms with Crippen molar-refractivity contribution in [1.29, 1.82) is 0 Å². The molecule has 1 aliphatic carbocycles. The van der Waals surface area contributed by atoms with Gasteiger partial charge in [-0.15, -0.1) is 0 Å². The molecule has 4 atom stereocenters.